The average molecular weight is 272 g/mol. The summed E-state index contributed by atoms with van der Waals surface area (Å²) in [6.45, 7) is 3.67. The van der Waals surface area contributed by atoms with Gasteiger partial charge in [0.15, 0.2) is 0 Å². The van der Waals surface area contributed by atoms with Gasteiger partial charge in [0.1, 0.15) is 11.9 Å². The summed E-state index contributed by atoms with van der Waals surface area (Å²) in [6, 6.07) is 4.44. The summed E-state index contributed by atoms with van der Waals surface area (Å²) < 4.78 is 20.5. The number of nitrogens with zero attached hydrogens (tertiary/aromatic N) is 2. The molecule has 2 heterocycles. The third kappa shape index (κ3) is 2.11. The van der Waals surface area contributed by atoms with E-state index in [2.05, 4.69) is 11.7 Å². The van der Waals surface area contributed by atoms with Crippen molar-refractivity contribution in [1.29, 1.82) is 0 Å². The molecule has 3 rings (SSSR count). The molecule has 5 heteroatoms. The van der Waals surface area contributed by atoms with Crippen molar-refractivity contribution in [2.45, 2.75) is 12.5 Å². The number of cyclic esters (lactones) is 1. The first kappa shape index (κ1) is 12.6. The van der Waals surface area contributed by atoms with Gasteiger partial charge in [-0.25, -0.2) is 9.18 Å². The smallest absolute Gasteiger partial charge is 0.334 e. The lowest BCUT2D eigenvalue weighted by atomic mass is 9.96. The second-order valence-corrected chi connectivity index (χ2v) is 4.84. The SMILES string of the molecule is C=C1CC(c2ccc(F)cc2-c2cnn(C)c2)OC1=O. The minimum atomic E-state index is -0.411. The van der Waals surface area contributed by atoms with Crippen molar-refractivity contribution in [3.8, 4) is 11.1 Å². The number of carbonyl (C=O) groups excluding carboxylic acids is 1. The summed E-state index contributed by atoms with van der Waals surface area (Å²) in [6.07, 6.45) is 3.47. The maximum atomic E-state index is 13.5. The predicted molar refractivity (Wildman–Crippen MR) is 71.2 cm³/mol. The van der Waals surface area contributed by atoms with Crippen molar-refractivity contribution in [3.63, 3.8) is 0 Å². The van der Waals surface area contributed by atoms with E-state index in [1.54, 1.807) is 30.2 Å². The molecular weight excluding hydrogens is 259 g/mol. The number of benzene rings is 1. The van der Waals surface area contributed by atoms with Gasteiger partial charge in [0, 0.05) is 36.4 Å². The summed E-state index contributed by atoms with van der Waals surface area (Å²) >= 11 is 0. The molecule has 1 saturated heterocycles. The van der Waals surface area contributed by atoms with Gasteiger partial charge >= 0.3 is 5.97 Å². The van der Waals surface area contributed by atoms with Gasteiger partial charge in [-0.1, -0.05) is 12.6 Å². The van der Waals surface area contributed by atoms with Crippen LogP contribution in [0.2, 0.25) is 0 Å². The van der Waals surface area contributed by atoms with Crippen LogP contribution in [0.1, 0.15) is 18.1 Å². The topological polar surface area (TPSA) is 44.1 Å². The number of halogens is 1. The van der Waals surface area contributed by atoms with Crippen LogP contribution in [0.25, 0.3) is 11.1 Å². The minimum absolute atomic E-state index is 0.337. The molecule has 1 unspecified atom stereocenters. The Morgan fingerprint density at radius 3 is 2.90 bits per heavy atom. The zero-order chi connectivity index (χ0) is 14.3. The lowest BCUT2D eigenvalue weighted by molar-refractivity contribution is -0.139. The van der Waals surface area contributed by atoms with E-state index in [0.717, 1.165) is 11.1 Å². The third-order valence-electron chi connectivity index (χ3n) is 3.35. The van der Waals surface area contributed by atoms with Crippen LogP contribution < -0.4 is 0 Å². The van der Waals surface area contributed by atoms with Gasteiger partial charge in [0.2, 0.25) is 0 Å². The largest absolute Gasteiger partial charge is 0.454 e. The Kier molecular flexibility index (Phi) is 2.89. The summed E-state index contributed by atoms with van der Waals surface area (Å²) in [4.78, 5) is 11.5. The van der Waals surface area contributed by atoms with Crippen LogP contribution in [0.3, 0.4) is 0 Å². The van der Waals surface area contributed by atoms with Crippen LogP contribution in [0.15, 0.2) is 42.7 Å². The van der Waals surface area contributed by atoms with Crippen LogP contribution in [0, 0.1) is 5.82 Å². The number of hydrogen-bond acceptors (Lipinski definition) is 3. The van der Waals surface area contributed by atoms with Gasteiger partial charge in [-0.15, -0.1) is 0 Å². The Morgan fingerprint density at radius 1 is 1.50 bits per heavy atom. The number of esters is 1. The molecule has 0 spiro atoms. The number of ether oxygens (including phenoxy) is 1. The Bertz CT molecular complexity index is 690. The van der Waals surface area contributed by atoms with Crippen molar-refractivity contribution in [1.82, 2.24) is 9.78 Å². The molecule has 0 N–H and O–H groups in total. The molecule has 102 valence electrons. The number of aromatic nitrogens is 2. The highest BCUT2D eigenvalue weighted by Gasteiger charge is 2.30. The van der Waals surface area contributed by atoms with Crippen molar-refractivity contribution in [2.75, 3.05) is 0 Å². The van der Waals surface area contributed by atoms with Crippen LogP contribution in [-0.4, -0.2) is 15.7 Å². The molecule has 1 fully saturated rings. The molecule has 4 nitrogen and oxygen atoms in total. The zero-order valence-electron chi connectivity index (χ0n) is 11.0. The van der Waals surface area contributed by atoms with E-state index < -0.39 is 12.1 Å². The van der Waals surface area contributed by atoms with Crippen molar-refractivity contribution in [2.24, 2.45) is 7.05 Å². The third-order valence-corrected chi connectivity index (χ3v) is 3.35. The number of carbonyl (C=O) groups is 1. The molecule has 1 aromatic heterocycles. The highest BCUT2D eigenvalue weighted by atomic mass is 19.1. The Morgan fingerprint density at radius 2 is 2.30 bits per heavy atom. The van der Waals surface area contributed by atoms with E-state index in [-0.39, 0.29) is 5.82 Å². The van der Waals surface area contributed by atoms with Gasteiger partial charge in [-0.3, -0.25) is 4.68 Å². The normalized spacial score (nSPS) is 18.4. The number of hydrogen-bond donors (Lipinski definition) is 0. The monoisotopic (exact) mass is 272 g/mol. The highest BCUT2D eigenvalue weighted by molar-refractivity contribution is 5.90. The lowest BCUT2D eigenvalue weighted by Gasteiger charge is -2.13. The van der Waals surface area contributed by atoms with Crippen LogP contribution in [0.4, 0.5) is 4.39 Å². The van der Waals surface area contributed by atoms with Gasteiger partial charge in [0.05, 0.1) is 6.20 Å². The number of aryl methyl sites for hydroxylation is 1. The molecule has 0 amide bonds. The lowest BCUT2D eigenvalue weighted by Crippen LogP contribution is -2.01. The standard InChI is InChI=1S/C15H13FN2O2/c1-9-5-14(20-15(9)19)12-4-3-11(16)6-13(12)10-7-17-18(2)8-10/h3-4,6-8,14H,1,5H2,2H3. The second-order valence-electron chi connectivity index (χ2n) is 4.84. The van der Waals surface area contributed by atoms with Gasteiger partial charge in [-0.2, -0.15) is 5.10 Å². The molecule has 0 aliphatic carbocycles. The van der Waals surface area contributed by atoms with E-state index >= 15 is 0 Å². The van der Waals surface area contributed by atoms with Gasteiger partial charge < -0.3 is 4.74 Å². The molecular formula is C15H13FN2O2. The quantitative estimate of drug-likeness (QED) is 0.623. The fourth-order valence-corrected chi connectivity index (χ4v) is 2.35. The van der Waals surface area contributed by atoms with E-state index in [1.807, 2.05) is 0 Å². The molecule has 0 saturated carbocycles. The van der Waals surface area contributed by atoms with Crippen LogP contribution in [0.5, 0.6) is 0 Å². The van der Waals surface area contributed by atoms with Gasteiger partial charge in [0.25, 0.3) is 0 Å². The summed E-state index contributed by atoms with van der Waals surface area (Å²) in [5, 5.41) is 4.09. The first-order valence-corrected chi connectivity index (χ1v) is 6.22. The minimum Gasteiger partial charge on any atom is -0.454 e. The average Bonchev–Trinajstić information content (AvgIpc) is 2.97. The van der Waals surface area contributed by atoms with Crippen molar-refractivity contribution >= 4 is 5.97 Å². The van der Waals surface area contributed by atoms with E-state index in [9.17, 15) is 9.18 Å². The second kappa shape index (κ2) is 4.59. The van der Waals surface area contributed by atoms with E-state index in [0.29, 0.717) is 17.6 Å². The van der Waals surface area contributed by atoms with Crippen molar-refractivity contribution in [3.05, 3.63) is 54.1 Å². The highest BCUT2D eigenvalue weighted by Crippen LogP contribution is 2.37. The molecule has 1 aliphatic rings. The Balaban J connectivity index is 2.07. The first-order chi connectivity index (χ1) is 9.54. The molecule has 20 heavy (non-hydrogen) atoms. The molecule has 2 aromatic rings. The van der Waals surface area contributed by atoms with Crippen LogP contribution >= 0.6 is 0 Å². The van der Waals surface area contributed by atoms with Crippen molar-refractivity contribution < 1.29 is 13.9 Å². The fourth-order valence-electron chi connectivity index (χ4n) is 2.35. The predicted octanol–water partition coefficient (Wildman–Crippen LogP) is 2.77. The Labute approximate surface area is 115 Å². The molecule has 1 atom stereocenters. The molecule has 1 aliphatic heterocycles. The van der Waals surface area contributed by atoms with E-state index in [4.69, 9.17) is 4.74 Å². The zero-order valence-corrected chi connectivity index (χ0v) is 11.0. The fraction of sp³-hybridized carbons (Fsp3) is 0.200. The summed E-state index contributed by atoms with van der Waals surface area (Å²) in [5.74, 6) is -0.729. The first-order valence-electron chi connectivity index (χ1n) is 6.22. The summed E-state index contributed by atoms with van der Waals surface area (Å²) in [7, 11) is 1.79. The Hall–Kier alpha value is -2.43. The van der Waals surface area contributed by atoms with E-state index in [1.165, 1.54) is 12.1 Å². The maximum Gasteiger partial charge on any atom is 0.334 e. The molecule has 0 radical (unpaired) electrons. The molecule has 0 bridgehead atoms. The number of rotatable bonds is 2. The molecule has 1 aromatic carbocycles. The van der Waals surface area contributed by atoms with Gasteiger partial charge in [-0.05, 0) is 17.7 Å². The summed E-state index contributed by atoms with van der Waals surface area (Å²) in [5.41, 5.74) is 2.68. The maximum absolute atomic E-state index is 13.5. The van der Waals surface area contributed by atoms with Crippen LogP contribution in [-0.2, 0) is 16.6 Å².